The summed E-state index contributed by atoms with van der Waals surface area (Å²) in [7, 11) is 0. The molecule has 1 saturated carbocycles. The van der Waals surface area contributed by atoms with Gasteiger partial charge in [-0.05, 0) is 31.7 Å². The van der Waals surface area contributed by atoms with Gasteiger partial charge in [0.05, 0.1) is 21.8 Å². The Morgan fingerprint density at radius 1 is 1.24 bits per heavy atom. The Bertz CT molecular complexity index is 790. The van der Waals surface area contributed by atoms with E-state index in [-0.39, 0.29) is 0 Å². The van der Waals surface area contributed by atoms with Gasteiger partial charge in [0.15, 0.2) is 6.33 Å². The van der Waals surface area contributed by atoms with Crippen molar-refractivity contribution < 1.29 is 0 Å². The first kappa shape index (κ1) is 12.7. The molecule has 4 heteroatoms. The molecule has 0 amide bonds. The van der Waals surface area contributed by atoms with Crippen LogP contribution in [0.5, 0.6) is 0 Å². The van der Waals surface area contributed by atoms with Crippen LogP contribution in [0.3, 0.4) is 0 Å². The van der Waals surface area contributed by atoms with Gasteiger partial charge in [0.25, 0.3) is 0 Å². The molecule has 103 valence electrons. The zero-order valence-corrected chi connectivity index (χ0v) is 12.5. The Morgan fingerprint density at radius 2 is 2.14 bits per heavy atom. The molecule has 2 heterocycles. The van der Waals surface area contributed by atoms with E-state index in [4.69, 9.17) is 0 Å². The first-order chi connectivity index (χ1) is 10.3. The van der Waals surface area contributed by atoms with E-state index in [0.717, 1.165) is 21.8 Å². The minimum atomic E-state index is 0.613. The summed E-state index contributed by atoms with van der Waals surface area (Å²) in [6.07, 6.45) is 7.13. The maximum absolute atomic E-state index is 4.57. The third-order valence-electron chi connectivity index (χ3n) is 3.79. The maximum Gasteiger partial charge on any atom is 0.198 e. The van der Waals surface area contributed by atoms with Crippen molar-refractivity contribution in [2.45, 2.75) is 25.7 Å². The van der Waals surface area contributed by atoms with Crippen molar-refractivity contribution >= 4 is 11.3 Å². The highest BCUT2D eigenvalue weighted by molar-refractivity contribution is 7.13. The predicted octanol–water partition coefficient (Wildman–Crippen LogP) is 4.25. The molecule has 21 heavy (non-hydrogen) atoms. The monoisotopic (exact) mass is 292 g/mol. The van der Waals surface area contributed by atoms with Crippen molar-refractivity contribution in [2.24, 2.45) is 0 Å². The summed E-state index contributed by atoms with van der Waals surface area (Å²) >= 11 is 1.64. The van der Waals surface area contributed by atoms with E-state index in [1.807, 2.05) is 11.7 Å². The molecule has 1 fully saturated rings. The van der Waals surface area contributed by atoms with E-state index in [2.05, 4.69) is 52.5 Å². The van der Waals surface area contributed by atoms with Crippen LogP contribution in [0.1, 0.15) is 29.9 Å². The molecule has 3 aromatic rings. The quantitative estimate of drug-likeness (QED) is 0.724. The summed E-state index contributed by atoms with van der Waals surface area (Å²) < 4.78 is 0. The summed E-state index contributed by atoms with van der Waals surface area (Å²) in [5.74, 6) is 0.613. The van der Waals surface area contributed by atoms with Crippen LogP contribution in [0.15, 0.2) is 36.0 Å². The van der Waals surface area contributed by atoms with Gasteiger partial charge in [-0.15, -0.1) is 11.3 Å². The molecular formula is C17H14N3S. The first-order valence-corrected chi connectivity index (χ1v) is 7.95. The molecule has 0 spiro atoms. The summed E-state index contributed by atoms with van der Waals surface area (Å²) in [5.41, 5.74) is 7.54. The van der Waals surface area contributed by atoms with Gasteiger partial charge in [0, 0.05) is 17.3 Å². The molecule has 0 N–H and O–H groups in total. The maximum atomic E-state index is 4.57. The molecule has 3 nitrogen and oxygen atoms in total. The largest absolute Gasteiger partial charge is 0.244 e. The number of hydrogen-bond acceptors (Lipinski definition) is 4. The SMILES string of the molecule is Cc1cccc(-c2ncsc2-c2n[c]ncc2C2CC2)c1. The Labute approximate surface area is 127 Å². The highest BCUT2D eigenvalue weighted by atomic mass is 32.1. The molecule has 1 radical (unpaired) electrons. The van der Waals surface area contributed by atoms with Crippen molar-refractivity contribution in [1.82, 2.24) is 15.0 Å². The Kier molecular flexibility index (Phi) is 3.04. The molecule has 0 atom stereocenters. The second-order valence-electron chi connectivity index (χ2n) is 5.45. The fourth-order valence-corrected chi connectivity index (χ4v) is 3.41. The van der Waals surface area contributed by atoms with Crippen molar-refractivity contribution in [3.63, 3.8) is 0 Å². The van der Waals surface area contributed by atoms with Gasteiger partial charge in [-0.3, -0.25) is 0 Å². The first-order valence-electron chi connectivity index (χ1n) is 7.07. The fraction of sp³-hybridized carbons (Fsp3) is 0.235. The second kappa shape index (κ2) is 5.04. The fourth-order valence-electron chi connectivity index (χ4n) is 2.59. The number of nitrogens with zero attached hydrogens (tertiary/aromatic N) is 3. The van der Waals surface area contributed by atoms with Gasteiger partial charge in [-0.1, -0.05) is 23.8 Å². The number of aryl methyl sites for hydroxylation is 1. The summed E-state index contributed by atoms with van der Waals surface area (Å²) in [5, 5.41) is 0. The molecule has 1 aliphatic carbocycles. The van der Waals surface area contributed by atoms with Crippen LogP contribution in [-0.2, 0) is 0 Å². The van der Waals surface area contributed by atoms with Crippen LogP contribution < -0.4 is 0 Å². The normalized spacial score (nSPS) is 14.3. The summed E-state index contributed by atoms with van der Waals surface area (Å²) in [4.78, 5) is 14.2. The third kappa shape index (κ3) is 2.36. The topological polar surface area (TPSA) is 38.7 Å². The van der Waals surface area contributed by atoms with Crippen molar-refractivity contribution in [2.75, 3.05) is 0 Å². The molecular weight excluding hydrogens is 278 g/mol. The van der Waals surface area contributed by atoms with Crippen LogP contribution in [0.2, 0.25) is 0 Å². The van der Waals surface area contributed by atoms with Crippen LogP contribution in [0.25, 0.3) is 21.8 Å². The van der Waals surface area contributed by atoms with Crippen LogP contribution in [0.4, 0.5) is 0 Å². The minimum absolute atomic E-state index is 0.613. The summed E-state index contributed by atoms with van der Waals surface area (Å²) in [6, 6.07) is 8.44. The zero-order valence-electron chi connectivity index (χ0n) is 11.7. The Hall–Kier alpha value is -2.07. The van der Waals surface area contributed by atoms with Crippen LogP contribution in [0, 0.1) is 13.3 Å². The number of hydrogen-bond donors (Lipinski definition) is 0. The lowest BCUT2D eigenvalue weighted by atomic mass is 10.0. The van der Waals surface area contributed by atoms with Gasteiger partial charge in [0.2, 0.25) is 0 Å². The average molecular weight is 292 g/mol. The van der Waals surface area contributed by atoms with E-state index in [1.165, 1.54) is 24.0 Å². The van der Waals surface area contributed by atoms with Crippen molar-refractivity contribution in [3.05, 3.63) is 53.4 Å². The van der Waals surface area contributed by atoms with Gasteiger partial charge in [-0.2, -0.15) is 0 Å². The number of benzene rings is 1. The second-order valence-corrected chi connectivity index (χ2v) is 6.30. The lowest BCUT2D eigenvalue weighted by Gasteiger charge is -2.07. The lowest BCUT2D eigenvalue weighted by Crippen LogP contribution is -1.93. The van der Waals surface area contributed by atoms with Crippen LogP contribution >= 0.6 is 11.3 Å². The predicted molar refractivity (Wildman–Crippen MR) is 84.1 cm³/mol. The zero-order chi connectivity index (χ0) is 14.2. The van der Waals surface area contributed by atoms with Crippen LogP contribution in [-0.4, -0.2) is 15.0 Å². The molecule has 1 aliphatic rings. The highest BCUT2D eigenvalue weighted by Crippen LogP contribution is 2.45. The van der Waals surface area contributed by atoms with E-state index in [0.29, 0.717) is 5.92 Å². The minimum Gasteiger partial charge on any atom is -0.244 e. The highest BCUT2D eigenvalue weighted by Gasteiger charge is 2.28. The van der Waals surface area contributed by atoms with Gasteiger partial charge in [-0.25, -0.2) is 15.0 Å². The van der Waals surface area contributed by atoms with E-state index < -0.39 is 0 Å². The van der Waals surface area contributed by atoms with Gasteiger partial charge < -0.3 is 0 Å². The molecule has 2 aromatic heterocycles. The average Bonchev–Trinajstić information content (AvgIpc) is 3.24. The van der Waals surface area contributed by atoms with E-state index in [1.54, 1.807) is 11.3 Å². The standard InChI is InChI=1S/C17H14N3S/c1-11-3-2-4-13(7-11)15-17(21-10-20-15)16-14(12-5-6-12)8-18-9-19-16/h2-4,7-8,10,12H,5-6H2,1H3. The van der Waals surface area contributed by atoms with E-state index in [9.17, 15) is 0 Å². The van der Waals surface area contributed by atoms with E-state index >= 15 is 0 Å². The third-order valence-corrected chi connectivity index (χ3v) is 4.62. The molecule has 1 aromatic carbocycles. The number of aromatic nitrogens is 3. The molecule has 4 rings (SSSR count). The smallest absolute Gasteiger partial charge is 0.198 e. The molecule has 0 bridgehead atoms. The van der Waals surface area contributed by atoms with Crippen molar-refractivity contribution in [3.8, 4) is 21.8 Å². The molecule has 0 unspecified atom stereocenters. The number of rotatable bonds is 3. The molecule has 0 saturated heterocycles. The Morgan fingerprint density at radius 3 is 2.95 bits per heavy atom. The van der Waals surface area contributed by atoms with Crippen molar-refractivity contribution in [1.29, 1.82) is 0 Å². The van der Waals surface area contributed by atoms with Gasteiger partial charge >= 0.3 is 0 Å². The Balaban J connectivity index is 1.86. The lowest BCUT2D eigenvalue weighted by molar-refractivity contribution is 1.04. The van der Waals surface area contributed by atoms with Gasteiger partial charge in [0.1, 0.15) is 0 Å². The molecule has 0 aliphatic heterocycles. The summed E-state index contributed by atoms with van der Waals surface area (Å²) in [6.45, 7) is 2.10. The number of thiazole rings is 1.